The molecular formula is C24H23N3O3. The molecule has 0 spiro atoms. The summed E-state index contributed by atoms with van der Waals surface area (Å²) in [6.45, 7) is 0. The monoisotopic (exact) mass is 401 g/mol. The van der Waals surface area contributed by atoms with Crippen LogP contribution in [0.5, 0.6) is 11.6 Å². The third kappa shape index (κ3) is 4.66. The minimum Gasteiger partial charge on any atom is -0.469 e. The molecular weight excluding hydrogens is 378 g/mol. The maximum Gasteiger partial charge on any atom is 0.230 e. The molecule has 0 saturated heterocycles. The van der Waals surface area contributed by atoms with Crippen LogP contribution in [0.25, 0.3) is 10.9 Å². The number of Topliss-reactive ketones (excluding diaryl/α,β-unsaturated/α-hetero) is 1. The Bertz CT molecular complexity index is 1140. The van der Waals surface area contributed by atoms with Gasteiger partial charge < -0.3 is 14.1 Å². The van der Waals surface area contributed by atoms with Crippen LogP contribution in [0, 0.1) is 0 Å². The van der Waals surface area contributed by atoms with Gasteiger partial charge in [0.05, 0.1) is 17.2 Å². The highest BCUT2D eigenvalue weighted by atomic mass is 16.5. The molecule has 0 aliphatic heterocycles. The number of ether oxygens (including phenoxy) is 1. The molecule has 152 valence electrons. The van der Waals surface area contributed by atoms with Crippen LogP contribution in [0.2, 0.25) is 0 Å². The molecule has 30 heavy (non-hydrogen) atoms. The number of furan rings is 1. The van der Waals surface area contributed by atoms with E-state index in [0.717, 1.165) is 27.9 Å². The zero-order valence-corrected chi connectivity index (χ0v) is 17.0. The molecule has 0 aliphatic rings. The Morgan fingerprint density at radius 3 is 2.63 bits per heavy atom. The van der Waals surface area contributed by atoms with Crippen molar-refractivity contribution in [2.24, 2.45) is 0 Å². The van der Waals surface area contributed by atoms with Gasteiger partial charge in [0.15, 0.2) is 0 Å². The highest BCUT2D eigenvalue weighted by molar-refractivity contribution is 5.86. The number of carbonyl (C=O) groups excluding carboxylic acids is 1. The van der Waals surface area contributed by atoms with E-state index in [1.807, 2.05) is 73.6 Å². The summed E-state index contributed by atoms with van der Waals surface area (Å²) in [5.41, 5.74) is 2.84. The van der Waals surface area contributed by atoms with Crippen LogP contribution in [0.1, 0.15) is 17.7 Å². The molecule has 0 unspecified atom stereocenters. The Morgan fingerprint density at radius 2 is 1.90 bits per heavy atom. The average Bonchev–Trinajstić information content (AvgIpc) is 3.27. The van der Waals surface area contributed by atoms with E-state index in [2.05, 4.69) is 9.97 Å². The molecule has 0 saturated carbocycles. The molecule has 4 rings (SSSR count). The molecule has 2 aromatic heterocycles. The van der Waals surface area contributed by atoms with Crippen LogP contribution < -0.4 is 9.64 Å². The van der Waals surface area contributed by atoms with Crippen molar-refractivity contribution in [1.82, 2.24) is 9.97 Å². The van der Waals surface area contributed by atoms with Gasteiger partial charge in [-0.25, -0.2) is 9.97 Å². The first-order chi connectivity index (χ1) is 14.6. The lowest BCUT2D eigenvalue weighted by molar-refractivity contribution is -0.118. The van der Waals surface area contributed by atoms with Gasteiger partial charge in [0.1, 0.15) is 23.6 Å². The second-order valence-corrected chi connectivity index (χ2v) is 7.32. The standard InChI is InChI=1S/C24H23N3O3/c1-27(2)18-7-12-22-23(15-18)25-16-26-24(22)30-21-9-5-17(6-10-21)14-19(28)8-11-20-4-3-13-29-20/h3-7,9-10,12-13,15-16H,8,11,14H2,1-2H3. The van der Waals surface area contributed by atoms with Crippen molar-refractivity contribution in [3.8, 4) is 11.6 Å². The molecule has 0 N–H and O–H groups in total. The van der Waals surface area contributed by atoms with E-state index < -0.39 is 0 Å². The lowest BCUT2D eigenvalue weighted by Gasteiger charge is -2.13. The van der Waals surface area contributed by atoms with E-state index in [0.29, 0.717) is 30.9 Å². The molecule has 0 bridgehead atoms. The summed E-state index contributed by atoms with van der Waals surface area (Å²) >= 11 is 0. The Labute approximate surface area is 175 Å². The van der Waals surface area contributed by atoms with Gasteiger partial charge in [0.2, 0.25) is 5.88 Å². The maximum absolute atomic E-state index is 12.2. The van der Waals surface area contributed by atoms with Crippen LogP contribution in [-0.2, 0) is 17.6 Å². The fraction of sp³-hybridized carbons (Fsp3) is 0.208. The van der Waals surface area contributed by atoms with Gasteiger partial charge in [-0.1, -0.05) is 12.1 Å². The summed E-state index contributed by atoms with van der Waals surface area (Å²) in [6, 6.07) is 17.2. The van der Waals surface area contributed by atoms with Crippen molar-refractivity contribution >= 4 is 22.4 Å². The molecule has 0 radical (unpaired) electrons. The third-order valence-electron chi connectivity index (χ3n) is 4.87. The predicted octanol–water partition coefficient (Wildman–Crippen LogP) is 4.83. The SMILES string of the molecule is CN(C)c1ccc2c(Oc3ccc(CC(=O)CCc4ccco4)cc3)ncnc2c1. The first-order valence-corrected chi connectivity index (χ1v) is 9.81. The molecule has 0 atom stereocenters. The number of aryl methyl sites for hydroxylation is 1. The second kappa shape index (κ2) is 8.78. The van der Waals surface area contributed by atoms with Gasteiger partial charge in [-0.2, -0.15) is 0 Å². The molecule has 2 aromatic carbocycles. The van der Waals surface area contributed by atoms with Crippen molar-refractivity contribution < 1.29 is 13.9 Å². The number of ketones is 1. The topological polar surface area (TPSA) is 68.5 Å². The van der Waals surface area contributed by atoms with E-state index in [1.165, 1.54) is 6.33 Å². The number of aromatic nitrogens is 2. The summed E-state index contributed by atoms with van der Waals surface area (Å²) in [4.78, 5) is 22.9. The summed E-state index contributed by atoms with van der Waals surface area (Å²) < 4.78 is 11.3. The number of hydrogen-bond donors (Lipinski definition) is 0. The Morgan fingerprint density at radius 1 is 1.07 bits per heavy atom. The van der Waals surface area contributed by atoms with E-state index in [4.69, 9.17) is 9.15 Å². The largest absolute Gasteiger partial charge is 0.469 e. The fourth-order valence-corrected chi connectivity index (χ4v) is 3.20. The quantitative estimate of drug-likeness (QED) is 0.421. The van der Waals surface area contributed by atoms with Crippen LogP contribution in [-0.4, -0.2) is 29.8 Å². The van der Waals surface area contributed by atoms with Gasteiger partial charge in [0, 0.05) is 39.0 Å². The number of benzene rings is 2. The first-order valence-electron chi connectivity index (χ1n) is 9.81. The minimum absolute atomic E-state index is 0.179. The van der Waals surface area contributed by atoms with E-state index >= 15 is 0 Å². The van der Waals surface area contributed by atoms with E-state index in [9.17, 15) is 4.79 Å². The van der Waals surface area contributed by atoms with Crippen molar-refractivity contribution in [1.29, 1.82) is 0 Å². The number of hydrogen-bond acceptors (Lipinski definition) is 6. The first kappa shape index (κ1) is 19.6. The van der Waals surface area contributed by atoms with Gasteiger partial charge >= 0.3 is 0 Å². The van der Waals surface area contributed by atoms with Crippen LogP contribution in [0.4, 0.5) is 5.69 Å². The van der Waals surface area contributed by atoms with E-state index in [-0.39, 0.29) is 5.78 Å². The second-order valence-electron chi connectivity index (χ2n) is 7.32. The van der Waals surface area contributed by atoms with Crippen LogP contribution in [0.15, 0.2) is 71.6 Å². The molecule has 6 heteroatoms. The van der Waals surface area contributed by atoms with Crippen LogP contribution in [0.3, 0.4) is 0 Å². The lowest BCUT2D eigenvalue weighted by Crippen LogP contribution is -2.08. The van der Waals surface area contributed by atoms with Gasteiger partial charge in [-0.3, -0.25) is 4.79 Å². The zero-order valence-electron chi connectivity index (χ0n) is 17.0. The third-order valence-corrected chi connectivity index (χ3v) is 4.87. The van der Waals surface area contributed by atoms with Crippen molar-refractivity contribution in [3.63, 3.8) is 0 Å². The number of fused-ring (bicyclic) bond motifs is 1. The highest BCUT2D eigenvalue weighted by Gasteiger charge is 2.09. The molecule has 0 amide bonds. The summed E-state index contributed by atoms with van der Waals surface area (Å²) in [5.74, 6) is 2.19. The average molecular weight is 401 g/mol. The Balaban J connectivity index is 1.41. The zero-order chi connectivity index (χ0) is 20.9. The molecule has 2 heterocycles. The summed E-state index contributed by atoms with van der Waals surface area (Å²) in [6.07, 6.45) is 4.62. The summed E-state index contributed by atoms with van der Waals surface area (Å²) in [5, 5.41) is 0.847. The predicted molar refractivity (Wildman–Crippen MR) is 116 cm³/mol. The van der Waals surface area contributed by atoms with Crippen molar-refractivity contribution in [2.75, 3.05) is 19.0 Å². The van der Waals surface area contributed by atoms with Gasteiger partial charge in [0.25, 0.3) is 0 Å². The molecule has 0 fully saturated rings. The van der Waals surface area contributed by atoms with Crippen molar-refractivity contribution in [2.45, 2.75) is 19.3 Å². The lowest BCUT2D eigenvalue weighted by atomic mass is 10.1. The summed E-state index contributed by atoms with van der Waals surface area (Å²) in [7, 11) is 3.98. The molecule has 4 aromatic rings. The Hall–Kier alpha value is -3.67. The van der Waals surface area contributed by atoms with Crippen molar-refractivity contribution in [3.05, 3.63) is 78.5 Å². The molecule has 0 aliphatic carbocycles. The number of anilines is 1. The molecule has 6 nitrogen and oxygen atoms in total. The maximum atomic E-state index is 12.2. The minimum atomic E-state index is 0.179. The van der Waals surface area contributed by atoms with Crippen LogP contribution >= 0.6 is 0 Å². The normalized spacial score (nSPS) is 10.9. The Kier molecular flexibility index (Phi) is 5.75. The highest BCUT2D eigenvalue weighted by Crippen LogP contribution is 2.29. The number of nitrogens with zero attached hydrogens (tertiary/aromatic N) is 3. The number of rotatable bonds is 8. The van der Waals surface area contributed by atoms with E-state index in [1.54, 1.807) is 6.26 Å². The van der Waals surface area contributed by atoms with Gasteiger partial charge in [-0.05, 0) is 48.0 Å². The smallest absolute Gasteiger partial charge is 0.230 e. The fourth-order valence-electron chi connectivity index (χ4n) is 3.20. The number of carbonyl (C=O) groups is 1. The van der Waals surface area contributed by atoms with Gasteiger partial charge in [-0.15, -0.1) is 0 Å².